The van der Waals surface area contributed by atoms with Crippen LogP contribution in [0.4, 0.5) is 0 Å². The van der Waals surface area contributed by atoms with Crippen LogP contribution in [0.5, 0.6) is 0 Å². The topological polar surface area (TPSA) is 0 Å². The number of alkyl halides is 2. The fourth-order valence-electron chi connectivity index (χ4n) is 0.0945. The average Bonchev–Trinajstić information content (AvgIpc) is 1.68. The lowest BCUT2D eigenvalue weighted by Crippen LogP contribution is -2.14. The smallest absolute Gasteiger partial charge is 0.0374 e. The zero-order valence-corrected chi connectivity index (χ0v) is 7.01. The van der Waals surface area contributed by atoms with Gasteiger partial charge >= 0.3 is 0 Å². The van der Waals surface area contributed by atoms with E-state index in [4.69, 9.17) is 11.6 Å². The third-order valence-corrected chi connectivity index (χ3v) is 2.77. The second kappa shape index (κ2) is 2.93. The third-order valence-electron chi connectivity index (χ3n) is 1.02. The first kappa shape index (κ1) is 7.77. The van der Waals surface area contributed by atoms with Crippen LogP contribution in [0.3, 0.4) is 0 Å². The molecule has 0 amide bonds. The van der Waals surface area contributed by atoms with Gasteiger partial charge in [-0.25, -0.2) is 0 Å². The molecule has 1 atom stereocenters. The normalized spacial score (nSPS) is 18.9. The molecule has 0 aliphatic heterocycles. The van der Waals surface area contributed by atoms with E-state index in [0.717, 1.165) is 6.42 Å². The Hall–Kier alpha value is 0.770. The fourth-order valence-corrected chi connectivity index (χ4v) is 0.283. The Morgan fingerprint density at radius 3 is 2.14 bits per heavy atom. The van der Waals surface area contributed by atoms with E-state index in [2.05, 4.69) is 29.8 Å². The predicted octanol–water partition coefficient (Wildman–Crippen LogP) is 2.79. The number of hydrogen-bond acceptors (Lipinski definition) is 0. The Labute approximate surface area is 58.4 Å². The summed E-state index contributed by atoms with van der Waals surface area (Å²) in [5.41, 5.74) is 0. The lowest BCUT2D eigenvalue weighted by Gasteiger charge is -2.14. The van der Waals surface area contributed by atoms with Gasteiger partial charge in [-0.2, -0.15) is 0 Å². The molecule has 0 radical (unpaired) electrons. The molecule has 7 heavy (non-hydrogen) atoms. The van der Waals surface area contributed by atoms with Crippen LogP contribution in [0.25, 0.3) is 0 Å². The van der Waals surface area contributed by atoms with Gasteiger partial charge in [0.05, 0.1) is 0 Å². The zero-order valence-electron chi connectivity index (χ0n) is 4.67. The fraction of sp³-hybridized carbons (Fsp3) is 1.00. The van der Waals surface area contributed by atoms with Crippen molar-refractivity contribution >= 4 is 27.5 Å². The Morgan fingerprint density at radius 1 is 1.71 bits per heavy atom. The largest absolute Gasteiger partial charge is 0.125 e. The predicted molar refractivity (Wildman–Crippen MR) is 38.3 cm³/mol. The maximum atomic E-state index is 5.55. The van der Waals surface area contributed by atoms with E-state index in [-0.39, 0.29) is 4.32 Å². The van der Waals surface area contributed by atoms with Crippen LogP contribution in [-0.2, 0) is 0 Å². The van der Waals surface area contributed by atoms with Crippen LogP contribution in [0.15, 0.2) is 0 Å². The van der Waals surface area contributed by atoms with E-state index in [1.807, 2.05) is 0 Å². The Bertz CT molecular complexity index is 46.0. The van der Waals surface area contributed by atoms with E-state index >= 15 is 0 Å². The molecule has 0 N–H and O–H groups in total. The highest BCUT2D eigenvalue weighted by molar-refractivity contribution is 9.10. The minimum Gasteiger partial charge on any atom is -0.125 e. The number of halogens is 2. The molecule has 0 nitrogen and oxygen atoms in total. The van der Waals surface area contributed by atoms with Crippen LogP contribution in [-0.4, -0.2) is 10.2 Å². The maximum absolute atomic E-state index is 5.55. The van der Waals surface area contributed by atoms with Crippen molar-refractivity contribution < 1.29 is 0 Å². The van der Waals surface area contributed by atoms with Crippen molar-refractivity contribution in [3.8, 4) is 0 Å². The molecule has 0 unspecified atom stereocenters. The molecule has 0 heterocycles. The molecule has 0 aromatic rings. The second-order valence-electron chi connectivity index (χ2n) is 1.90. The zero-order chi connectivity index (χ0) is 5.91. The van der Waals surface area contributed by atoms with Crippen LogP contribution in [0.1, 0.15) is 20.3 Å². The summed E-state index contributed by atoms with van der Waals surface area (Å²) >= 11 is 8.99. The highest BCUT2D eigenvalue weighted by Crippen LogP contribution is 2.21. The van der Waals surface area contributed by atoms with E-state index < -0.39 is 0 Å². The van der Waals surface area contributed by atoms with Gasteiger partial charge in [-0.15, -0.1) is 11.6 Å². The summed E-state index contributed by atoms with van der Waals surface area (Å²) in [6.07, 6.45) is 1.08. The third kappa shape index (κ3) is 3.36. The van der Waals surface area contributed by atoms with E-state index in [9.17, 15) is 0 Å². The lowest BCUT2D eigenvalue weighted by molar-refractivity contribution is 0.707. The summed E-state index contributed by atoms with van der Waals surface area (Å²) < 4.78 is 0.161. The van der Waals surface area contributed by atoms with Crippen LogP contribution < -0.4 is 0 Å². The maximum Gasteiger partial charge on any atom is 0.0374 e. The minimum absolute atomic E-state index is 0.161. The molecule has 0 aliphatic rings. The van der Waals surface area contributed by atoms with E-state index in [1.54, 1.807) is 0 Å². The van der Waals surface area contributed by atoms with Crippen molar-refractivity contribution in [2.45, 2.75) is 24.6 Å². The lowest BCUT2D eigenvalue weighted by atomic mass is 10.2. The molecule has 0 fully saturated rings. The van der Waals surface area contributed by atoms with Gasteiger partial charge in [-0.3, -0.25) is 0 Å². The van der Waals surface area contributed by atoms with Gasteiger partial charge in [0.15, 0.2) is 0 Å². The summed E-state index contributed by atoms with van der Waals surface area (Å²) in [6.45, 7) is 4.19. The molecule has 0 aromatic carbocycles. The average molecular weight is 185 g/mol. The van der Waals surface area contributed by atoms with Crippen molar-refractivity contribution in [1.82, 2.24) is 0 Å². The molecule has 0 bridgehead atoms. The van der Waals surface area contributed by atoms with Crippen molar-refractivity contribution in [3.63, 3.8) is 0 Å². The Kier molecular flexibility index (Phi) is 3.25. The Balaban J connectivity index is 3.36. The van der Waals surface area contributed by atoms with Crippen molar-refractivity contribution in [2.75, 3.05) is 5.88 Å². The van der Waals surface area contributed by atoms with Gasteiger partial charge in [0, 0.05) is 10.2 Å². The van der Waals surface area contributed by atoms with E-state index in [1.165, 1.54) is 0 Å². The van der Waals surface area contributed by atoms with Gasteiger partial charge in [-0.05, 0) is 13.3 Å². The molecule has 0 saturated carbocycles. The van der Waals surface area contributed by atoms with Gasteiger partial charge in [0.1, 0.15) is 0 Å². The van der Waals surface area contributed by atoms with Crippen LogP contribution in [0, 0.1) is 0 Å². The molecule has 0 aliphatic carbocycles. The first-order valence-electron chi connectivity index (χ1n) is 2.37. The molecule has 0 saturated heterocycles. The second-order valence-corrected chi connectivity index (χ2v) is 4.08. The van der Waals surface area contributed by atoms with Gasteiger partial charge in [0.2, 0.25) is 0 Å². The van der Waals surface area contributed by atoms with Crippen molar-refractivity contribution in [1.29, 1.82) is 0 Å². The summed E-state index contributed by atoms with van der Waals surface area (Å²) in [4.78, 5) is 0. The van der Waals surface area contributed by atoms with Crippen LogP contribution in [0.2, 0.25) is 0 Å². The van der Waals surface area contributed by atoms with Gasteiger partial charge < -0.3 is 0 Å². The van der Waals surface area contributed by atoms with Crippen molar-refractivity contribution in [2.24, 2.45) is 0 Å². The first-order chi connectivity index (χ1) is 3.12. The summed E-state index contributed by atoms with van der Waals surface area (Å²) in [6, 6.07) is 0. The van der Waals surface area contributed by atoms with Gasteiger partial charge in [-0.1, -0.05) is 22.9 Å². The molecule has 0 aromatic heterocycles. The summed E-state index contributed by atoms with van der Waals surface area (Å²) in [5, 5.41) is 0. The molecular weight excluding hydrogens is 175 g/mol. The highest BCUT2D eigenvalue weighted by atomic mass is 79.9. The molecule has 44 valence electrons. The van der Waals surface area contributed by atoms with E-state index in [0.29, 0.717) is 5.88 Å². The van der Waals surface area contributed by atoms with Crippen molar-refractivity contribution in [3.05, 3.63) is 0 Å². The number of hydrogen-bond donors (Lipinski definition) is 0. The monoisotopic (exact) mass is 184 g/mol. The first-order valence-corrected chi connectivity index (χ1v) is 3.70. The minimum atomic E-state index is 0.161. The Morgan fingerprint density at radius 2 is 2.14 bits per heavy atom. The molecule has 0 spiro atoms. The molecule has 2 heteroatoms. The summed E-state index contributed by atoms with van der Waals surface area (Å²) in [7, 11) is 0. The molecular formula is C5H10BrCl. The number of rotatable bonds is 2. The van der Waals surface area contributed by atoms with Gasteiger partial charge in [0.25, 0.3) is 0 Å². The van der Waals surface area contributed by atoms with Crippen LogP contribution >= 0.6 is 27.5 Å². The SMILES string of the molecule is CC[C@](C)(Br)CCl. The highest BCUT2D eigenvalue weighted by Gasteiger charge is 2.14. The quantitative estimate of drug-likeness (QED) is 0.581. The summed E-state index contributed by atoms with van der Waals surface area (Å²) in [5.74, 6) is 0.684. The molecule has 0 rings (SSSR count). The standard InChI is InChI=1S/C5H10BrCl/c1-3-5(2,6)4-7/h3-4H2,1-2H3/t5-/m0/s1.